The first-order valence-corrected chi connectivity index (χ1v) is 7.69. The lowest BCUT2D eigenvalue weighted by molar-refractivity contribution is -0.145. The Labute approximate surface area is 120 Å². The van der Waals surface area contributed by atoms with Crippen LogP contribution in [0.3, 0.4) is 0 Å². The highest BCUT2D eigenvalue weighted by Crippen LogP contribution is 2.36. The van der Waals surface area contributed by atoms with E-state index in [9.17, 15) is 9.59 Å². The number of likely N-dealkylation sites (tertiary alicyclic amines) is 1. The van der Waals surface area contributed by atoms with Crippen LogP contribution in [0.2, 0.25) is 0 Å². The predicted molar refractivity (Wildman–Crippen MR) is 74.0 cm³/mol. The Morgan fingerprint density at radius 3 is 2.45 bits per heavy atom. The molecule has 1 amide bonds. The number of nitrogens with zero attached hydrogens (tertiary/aromatic N) is 2. The third-order valence-electron chi connectivity index (χ3n) is 5.45. The lowest BCUT2D eigenvalue weighted by atomic mass is 9.82. The number of carbonyl (C=O) groups excluding carboxylic acids is 2. The van der Waals surface area contributed by atoms with Gasteiger partial charge in [0.15, 0.2) is 0 Å². The molecule has 0 aliphatic carbocycles. The van der Waals surface area contributed by atoms with Gasteiger partial charge in [-0.05, 0) is 32.7 Å². The molecule has 2 bridgehead atoms. The summed E-state index contributed by atoms with van der Waals surface area (Å²) in [4.78, 5) is 28.3. The Balaban J connectivity index is 1.68. The van der Waals surface area contributed by atoms with Crippen LogP contribution in [0, 0.1) is 5.92 Å². The Morgan fingerprint density at radius 2 is 1.85 bits per heavy atom. The highest BCUT2D eigenvalue weighted by molar-refractivity contribution is 5.87. The molecule has 3 aliphatic rings. The lowest BCUT2D eigenvalue weighted by Gasteiger charge is -2.49. The molecule has 5 nitrogen and oxygen atoms in total. The zero-order valence-electron chi connectivity index (χ0n) is 12.4. The minimum absolute atomic E-state index is 0.132. The molecule has 0 N–H and O–H groups in total. The minimum Gasteiger partial charge on any atom is -0.469 e. The molecule has 0 radical (unpaired) electrons. The van der Waals surface area contributed by atoms with E-state index in [1.807, 2.05) is 4.90 Å². The van der Waals surface area contributed by atoms with Crippen molar-refractivity contribution in [2.24, 2.45) is 5.92 Å². The fourth-order valence-electron chi connectivity index (χ4n) is 4.25. The van der Waals surface area contributed by atoms with Gasteiger partial charge in [0, 0.05) is 31.1 Å². The monoisotopic (exact) mass is 280 g/mol. The zero-order valence-corrected chi connectivity index (χ0v) is 12.4. The quantitative estimate of drug-likeness (QED) is 0.709. The number of fused-ring (bicyclic) bond motifs is 2. The van der Waals surface area contributed by atoms with E-state index < -0.39 is 0 Å². The standard InChI is InChI=1S/C15H24N2O3/c1-16-11-4-3-5-12(16)8-13(7-11)17-9-10(6-14(17)18)15(19)20-2/h10-13H,3-9H2,1-2H3/t10?,11-,12+,13?. The molecule has 3 fully saturated rings. The van der Waals surface area contributed by atoms with Crippen molar-refractivity contribution >= 4 is 11.9 Å². The van der Waals surface area contributed by atoms with Crippen LogP contribution in [0.4, 0.5) is 0 Å². The van der Waals surface area contributed by atoms with Gasteiger partial charge in [-0.2, -0.15) is 0 Å². The number of hydrogen-bond donors (Lipinski definition) is 0. The van der Waals surface area contributed by atoms with Gasteiger partial charge in [0.05, 0.1) is 13.0 Å². The van der Waals surface area contributed by atoms with Crippen LogP contribution in [0.15, 0.2) is 0 Å². The number of hydrogen-bond acceptors (Lipinski definition) is 4. The molecule has 112 valence electrons. The summed E-state index contributed by atoms with van der Waals surface area (Å²) in [5.41, 5.74) is 0. The maximum Gasteiger partial charge on any atom is 0.310 e. The van der Waals surface area contributed by atoms with Crippen molar-refractivity contribution < 1.29 is 14.3 Å². The molecule has 20 heavy (non-hydrogen) atoms. The molecule has 0 aromatic carbocycles. The van der Waals surface area contributed by atoms with Gasteiger partial charge < -0.3 is 14.5 Å². The Morgan fingerprint density at radius 1 is 1.20 bits per heavy atom. The summed E-state index contributed by atoms with van der Waals surface area (Å²) in [6.45, 7) is 0.555. The third kappa shape index (κ3) is 2.32. The molecule has 0 spiro atoms. The average molecular weight is 280 g/mol. The molecule has 3 saturated heterocycles. The van der Waals surface area contributed by atoms with Crippen LogP contribution in [-0.4, -0.2) is 60.5 Å². The lowest BCUT2D eigenvalue weighted by Crippen LogP contribution is -2.55. The van der Waals surface area contributed by atoms with Crippen molar-refractivity contribution in [2.45, 2.75) is 56.7 Å². The molecule has 0 aromatic heterocycles. The summed E-state index contributed by atoms with van der Waals surface area (Å²) in [7, 11) is 3.61. The molecular weight excluding hydrogens is 256 g/mol. The fraction of sp³-hybridized carbons (Fsp3) is 0.867. The molecule has 0 aromatic rings. The first-order valence-electron chi connectivity index (χ1n) is 7.69. The summed E-state index contributed by atoms with van der Waals surface area (Å²) in [6.07, 6.45) is 6.25. The van der Waals surface area contributed by atoms with E-state index in [4.69, 9.17) is 4.74 Å². The van der Waals surface area contributed by atoms with Crippen LogP contribution in [-0.2, 0) is 14.3 Å². The maximum absolute atomic E-state index is 12.2. The van der Waals surface area contributed by atoms with E-state index in [2.05, 4.69) is 11.9 Å². The van der Waals surface area contributed by atoms with E-state index in [1.165, 1.54) is 26.4 Å². The van der Waals surface area contributed by atoms with Crippen LogP contribution >= 0.6 is 0 Å². The number of rotatable bonds is 2. The maximum atomic E-state index is 12.2. The smallest absolute Gasteiger partial charge is 0.310 e. The zero-order chi connectivity index (χ0) is 14.3. The first-order chi connectivity index (χ1) is 9.60. The van der Waals surface area contributed by atoms with Crippen molar-refractivity contribution in [2.75, 3.05) is 20.7 Å². The van der Waals surface area contributed by atoms with Crippen LogP contribution in [0.5, 0.6) is 0 Å². The van der Waals surface area contributed by atoms with Crippen molar-refractivity contribution in [3.63, 3.8) is 0 Å². The number of amides is 1. The second-order valence-electron chi connectivity index (χ2n) is 6.50. The van der Waals surface area contributed by atoms with E-state index in [-0.39, 0.29) is 17.8 Å². The molecular formula is C15H24N2O3. The highest BCUT2D eigenvalue weighted by Gasteiger charge is 2.43. The van der Waals surface area contributed by atoms with E-state index in [0.717, 1.165) is 12.8 Å². The largest absolute Gasteiger partial charge is 0.469 e. The molecule has 3 heterocycles. The SMILES string of the molecule is COC(=O)C1CC(=O)N(C2C[C@H]3CCC[C@@H](C2)N3C)C1. The molecule has 3 aliphatic heterocycles. The minimum atomic E-state index is -0.257. The Kier molecular flexibility index (Phi) is 3.71. The van der Waals surface area contributed by atoms with Gasteiger partial charge in [-0.25, -0.2) is 0 Å². The number of methoxy groups -OCH3 is 1. The van der Waals surface area contributed by atoms with Crippen molar-refractivity contribution in [3.05, 3.63) is 0 Å². The van der Waals surface area contributed by atoms with Crippen LogP contribution < -0.4 is 0 Å². The van der Waals surface area contributed by atoms with Gasteiger partial charge in [0.2, 0.25) is 5.91 Å². The summed E-state index contributed by atoms with van der Waals surface area (Å²) < 4.78 is 4.78. The summed E-state index contributed by atoms with van der Waals surface area (Å²) in [6, 6.07) is 1.54. The topological polar surface area (TPSA) is 49.9 Å². The molecule has 5 heteroatoms. The summed E-state index contributed by atoms with van der Waals surface area (Å²) >= 11 is 0. The number of ether oxygens (including phenoxy) is 1. The van der Waals surface area contributed by atoms with Crippen molar-refractivity contribution in [1.29, 1.82) is 0 Å². The van der Waals surface area contributed by atoms with Gasteiger partial charge >= 0.3 is 5.97 Å². The Bertz CT molecular complexity index is 398. The highest BCUT2D eigenvalue weighted by atomic mass is 16.5. The van der Waals surface area contributed by atoms with E-state index in [1.54, 1.807) is 0 Å². The number of carbonyl (C=O) groups is 2. The van der Waals surface area contributed by atoms with Crippen molar-refractivity contribution in [3.8, 4) is 0 Å². The molecule has 3 rings (SSSR count). The molecule has 4 atom stereocenters. The van der Waals surface area contributed by atoms with Crippen LogP contribution in [0.25, 0.3) is 0 Å². The second-order valence-corrected chi connectivity index (χ2v) is 6.50. The summed E-state index contributed by atoms with van der Waals surface area (Å²) in [5, 5.41) is 0. The van der Waals surface area contributed by atoms with Crippen molar-refractivity contribution in [1.82, 2.24) is 9.80 Å². The predicted octanol–water partition coefficient (Wildman–Crippen LogP) is 1.02. The average Bonchev–Trinajstić information content (AvgIpc) is 2.80. The van der Waals surface area contributed by atoms with E-state index >= 15 is 0 Å². The molecule has 2 unspecified atom stereocenters. The number of esters is 1. The molecule has 0 saturated carbocycles. The third-order valence-corrected chi connectivity index (χ3v) is 5.45. The van der Waals surface area contributed by atoms with Gasteiger partial charge in [0.25, 0.3) is 0 Å². The van der Waals surface area contributed by atoms with Gasteiger partial charge in [0.1, 0.15) is 0 Å². The van der Waals surface area contributed by atoms with E-state index in [0.29, 0.717) is 31.1 Å². The second kappa shape index (κ2) is 5.35. The summed E-state index contributed by atoms with van der Waals surface area (Å²) in [5.74, 6) is -0.367. The van der Waals surface area contributed by atoms with Gasteiger partial charge in [-0.3, -0.25) is 9.59 Å². The number of piperidine rings is 2. The van der Waals surface area contributed by atoms with Crippen LogP contribution in [0.1, 0.15) is 38.5 Å². The van der Waals surface area contributed by atoms with Gasteiger partial charge in [-0.1, -0.05) is 6.42 Å². The fourth-order valence-corrected chi connectivity index (χ4v) is 4.25. The first kappa shape index (κ1) is 13.9. The Hall–Kier alpha value is -1.10. The normalized spacial score (nSPS) is 38.1. The van der Waals surface area contributed by atoms with Gasteiger partial charge in [-0.15, -0.1) is 0 Å².